The highest BCUT2D eigenvalue weighted by Crippen LogP contribution is 2.29. The van der Waals surface area contributed by atoms with Crippen molar-refractivity contribution in [2.75, 3.05) is 36.4 Å². The summed E-state index contributed by atoms with van der Waals surface area (Å²) in [6, 6.07) is 4.79. The first-order valence-corrected chi connectivity index (χ1v) is 12.4. The van der Waals surface area contributed by atoms with Crippen LogP contribution in [-0.4, -0.2) is 68.0 Å². The molecule has 4 heterocycles. The lowest BCUT2D eigenvalue weighted by molar-refractivity contribution is 0.0240. The van der Waals surface area contributed by atoms with Crippen LogP contribution in [0.15, 0.2) is 36.8 Å². The highest BCUT2D eigenvalue weighted by molar-refractivity contribution is 6.13. The number of anilines is 2. The van der Waals surface area contributed by atoms with Gasteiger partial charge >= 0.3 is 6.09 Å². The molecule has 11 heteroatoms. The lowest BCUT2D eigenvalue weighted by Gasteiger charge is -2.37. The Balaban J connectivity index is 1.40. The Morgan fingerprint density at radius 3 is 2.45 bits per heavy atom. The number of amides is 2. The summed E-state index contributed by atoms with van der Waals surface area (Å²) in [6.07, 6.45) is 4.59. The van der Waals surface area contributed by atoms with Gasteiger partial charge < -0.3 is 24.3 Å². The quantitative estimate of drug-likeness (QED) is 0.429. The molecule has 5 rings (SSSR count). The van der Waals surface area contributed by atoms with E-state index in [1.807, 2.05) is 33.8 Å². The van der Waals surface area contributed by atoms with Crippen molar-refractivity contribution in [1.82, 2.24) is 24.3 Å². The van der Waals surface area contributed by atoms with Gasteiger partial charge in [-0.2, -0.15) is 0 Å². The number of carbonyl (C=O) groups is 2. The number of fused-ring (bicyclic) bond motifs is 2. The van der Waals surface area contributed by atoms with E-state index in [4.69, 9.17) is 9.72 Å². The van der Waals surface area contributed by atoms with Crippen LogP contribution in [0.5, 0.6) is 0 Å². The molecule has 0 unspecified atom stereocenters. The van der Waals surface area contributed by atoms with Crippen molar-refractivity contribution in [3.8, 4) is 0 Å². The van der Waals surface area contributed by atoms with Crippen molar-refractivity contribution in [3.63, 3.8) is 0 Å². The predicted molar refractivity (Wildman–Crippen MR) is 142 cm³/mol. The van der Waals surface area contributed by atoms with E-state index in [2.05, 4.69) is 20.2 Å². The maximum absolute atomic E-state index is 14.5. The van der Waals surface area contributed by atoms with Crippen molar-refractivity contribution >= 4 is 40.1 Å². The molecule has 3 aromatic heterocycles. The number of aryl methyl sites for hydroxylation is 2. The molecule has 0 saturated carbocycles. The molecule has 10 nitrogen and oxygen atoms in total. The van der Waals surface area contributed by atoms with Crippen molar-refractivity contribution in [1.29, 1.82) is 0 Å². The van der Waals surface area contributed by atoms with E-state index in [1.54, 1.807) is 40.9 Å². The lowest BCUT2D eigenvalue weighted by Crippen LogP contribution is -2.50. The Labute approximate surface area is 219 Å². The number of ether oxygens (including phenoxy) is 1. The van der Waals surface area contributed by atoms with Gasteiger partial charge in [0.25, 0.3) is 5.91 Å². The first-order chi connectivity index (χ1) is 18.0. The summed E-state index contributed by atoms with van der Waals surface area (Å²) in [6.45, 7) is 11.3. The van der Waals surface area contributed by atoms with Crippen molar-refractivity contribution in [2.45, 2.75) is 40.2 Å². The molecule has 4 aromatic rings. The van der Waals surface area contributed by atoms with Crippen molar-refractivity contribution in [3.05, 3.63) is 59.6 Å². The van der Waals surface area contributed by atoms with E-state index in [0.29, 0.717) is 59.9 Å². The molecular formula is C27H30FN7O3. The van der Waals surface area contributed by atoms with Crippen LogP contribution in [0.1, 0.15) is 42.5 Å². The molecule has 1 aliphatic heterocycles. The summed E-state index contributed by atoms with van der Waals surface area (Å²) in [4.78, 5) is 43.0. The van der Waals surface area contributed by atoms with Crippen LogP contribution < -0.4 is 10.2 Å². The van der Waals surface area contributed by atoms with Gasteiger partial charge in [-0.25, -0.2) is 19.2 Å². The van der Waals surface area contributed by atoms with Gasteiger partial charge in [0, 0.05) is 50.8 Å². The van der Waals surface area contributed by atoms with E-state index < -0.39 is 17.3 Å². The number of carbonyl (C=O) groups excluding carboxylic acids is 2. The summed E-state index contributed by atoms with van der Waals surface area (Å²) in [5, 5.41) is 2.78. The zero-order chi connectivity index (χ0) is 27.2. The van der Waals surface area contributed by atoms with Gasteiger partial charge in [-0.1, -0.05) is 0 Å². The molecular weight excluding hydrogens is 489 g/mol. The molecule has 0 bridgehead atoms. The number of rotatable bonds is 3. The van der Waals surface area contributed by atoms with Crippen LogP contribution in [-0.2, 0) is 4.74 Å². The highest BCUT2D eigenvalue weighted by Gasteiger charge is 2.27. The summed E-state index contributed by atoms with van der Waals surface area (Å²) in [5.41, 5.74) is 3.53. The first kappa shape index (κ1) is 25.4. The number of hydrogen-bond acceptors (Lipinski definition) is 7. The molecule has 0 aliphatic carbocycles. The van der Waals surface area contributed by atoms with E-state index in [0.717, 1.165) is 5.69 Å². The second kappa shape index (κ2) is 9.55. The predicted octanol–water partition coefficient (Wildman–Crippen LogP) is 4.34. The van der Waals surface area contributed by atoms with Gasteiger partial charge in [0.05, 0.1) is 28.3 Å². The summed E-state index contributed by atoms with van der Waals surface area (Å²) in [5.74, 6) is -0.956. The summed E-state index contributed by atoms with van der Waals surface area (Å²) < 4.78 is 21.6. The fourth-order valence-electron chi connectivity index (χ4n) is 4.51. The molecule has 198 valence electrons. The summed E-state index contributed by atoms with van der Waals surface area (Å²) >= 11 is 0. The highest BCUT2D eigenvalue weighted by atomic mass is 19.1. The third-order valence-corrected chi connectivity index (χ3v) is 6.20. The molecule has 1 aromatic carbocycles. The number of halogens is 1. The Morgan fingerprint density at radius 2 is 1.74 bits per heavy atom. The van der Waals surface area contributed by atoms with E-state index in [9.17, 15) is 14.0 Å². The number of benzene rings is 1. The average Bonchev–Trinajstić information content (AvgIpc) is 3.23. The molecule has 38 heavy (non-hydrogen) atoms. The number of nitrogens with one attached hydrogen (secondary N) is 1. The van der Waals surface area contributed by atoms with Gasteiger partial charge in [0.2, 0.25) is 0 Å². The minimum Gasteiger partial charge on any atom is -0.444 e. The van der Waals surface area contributed by atoms with Crippen LogP contribution in [0.25, 0.3) is 16.7 Å². The van der Waals surface area contributed by atoms with Crippen molar-refractivity contribution < 1.29 is 18.7 Å². The number of nitrogens with zero attached hydrogens (tertiary/aromatic N) is 6. The number of imidazole rings is 1. The third-order valence-electron chi connectivity index (χ3n) is 6.20. The zero-order valence-electron chi connectivity index (χ0n) is 22.1. The molecule has 0 radical (unpaired) electrons. The van der Waals surface area contributed by atoms with Gasteiger partial charge in [0.1, 0.15) is 16.6 Å². The second-order valence-corrected chi connectivity index (χ2v) is 10.4. The molecule has 2 amide bonds. The average molecular weight is 520 g/mol. The number of piperazine rings is 1. The van der Waals surface area contributed by atoms with E-state index in [1.165, 1.54) is 6.07 Å². The van der Waals surface area contributed by atoms with Gasteiger partial charge in [-0.3, -0.25) is 9.78 Å². The van der Waals surface area contributed by atoms with Crippen molar-refractivity contribution in [2.24, 2.45) is 0 Å². The number of aromatic nitrogens is 4. The SMILES string of the molecule is Cc1cnc2c(C(=O)Nc3cc(F)c4nc(C)cn4c3)ccc(N3CCN(C(=O)OC(C)(C)C)CC3)c2n1. The van der Waals surface area contributed by atoms with E-state index in [-0.39, 0.29) is 11.7 Å². The van der Waals surface area contributed by atoms with Crippen LogP contribution in [0.4, 0.5) is 20.6 Å². The fourth-order valence-corrected chi connectivity index (χ4v) is 4.51. The van der Waals surface area contributed by atoms with Crippen LogP contribution in [0.2, 0.25) is 0 Å². The Bertz CT molecular complexity index is 1550. The second-order valence-electron chi connectivity index (χ2n) is 10.4. The molecule has 1 aliphatic rings. The van der Waals surface area contributed by atoms with E-state index >= 15 is 0 Å². The third kappa shape index (κ3) is 5.09. The molecule has 0 atom stereocenters. The van der Waals surface area contributed by atoms with Gasteiger partial charge in [-0.15, -0.1) is 0 Å². The van der Waals surface area contributed by atoms with Crippen LogP contribution in [0.3, 0.4) is 0 Å². The molecule has 0 spiro atoms. The minimum absolute atomic E-state index is 0.198. The lowest BCUT2D eigenvalue weighted by atomic mass is 10.1. The smallest absolute Gasteiger partial charge is 0.410 e. The van der Waals surface area contributed by atoms with Gasteiger partial charge in [-0.05, 0) is 46.8 Å². The minimum atomic E-state index is -0.552. The normalized spacial score (nSPS) is 14.3. The molecule has 1 saturated heterocycles. The Morgan fingerprint density at radius 1 is 1.00 bits per heavy atom. The number of hydrogen-bond donors (Lipinski definition) is 1. The first-order valence-electron chi connectivity index (χ1n) is 12.4. The largest absolute Gasteiger partial charge is 0.444 e. The van der Waals surface area contributed by atoms with Crippen LogP contribution >= 0.6 is 0 Å². The molecule has 1 N–H and O–H groups in total. The maximum Gasteiger partial charge on any atom is 0.410 e. The fraction of sp³-hybridized carbons (Fsp3) is 0.370. The maximum atomic E-state index is 14.5. The van der Waals surface area contributed by atoms with Crippen LogP contribution in [0, 0.1) is 19.7 Å². The molecule has 1 fully saturated rings. The summed E-state index contributed by atoms with van der Waals surface area (Å²) in [7, 11) is 0. The van der Waals surface area contributed by atoms with Gasteiger partial charge in [0.15, 0.2) is 11.5 Å². The standard InChI is InChI=1S/C27H30FN7O3/c1-16-13-29-22-19(25(36)32-18-12-20(28)24-31-17(2)14-35(24)15-18)6-7-21(23(22)30-16)33-8-10-34(11-9-33)26(37)38-27(3,4)5/h6-7,12-15H,8-11H2,1-5H3,(H,32,36). The number of pyridine rings is 1. The topological polar surface area (TPSA) is 105 Å². The Hall–Kier alpha value is -4.28. The monoisotopic (exact) mass is 519 g/mol. The zero-order valence-corrected chi connectivity index (χ0v) is 22.1. The Kier molecular flexibility index (Phi) is 6.38.